The highest BCUT2D eigenvalue weighted by Crippen LogP contribution is 2.39. The molecular formula is C34H37ClN6O4. The molecule has 234 valence electrons. The molecule has 6 rings (SSSR count). The van der Waals surface area contributed by atoms with Gasteiger partial charge in [-0.05, 0) is 74.0 Å². The van der Waals surface area contributed by atoms with Crippen LogP contribution in [0.15, 0.2) is 49.1 Å². The maximum atomic E-state index is 12.5. The normalized spacial score (nSPS) is 19.5. The number of carbonyl (C=O) groups is 2. The second kappa shape index (κ2) is 14.5. The Morgan fingerprint density at radius 1 is 1.18 bits per heavy atom. The van der Waals surface area contributed by atoms with Crippen molar-refractivity contribution >= 4 is 52.2 Å². The second-order valence-electron chi connectivity index (χ2n) is 11.4. The zero-order valence-electron chi connectivity index (χ0n) is 25.4. The molecule has 1 amide bonds. The fraction of sp³-hybridized carbons (Fsp3) is 0.382. The Balaban J connectivity index is 0.00000128. The Labute approximate surface area is 268 Å². The van der Waals surface area contributed by atoms with Gasteiger partial charge in [-0.3, -0.25) is 9.59 Å². The number of likely N-dealkylation sites (tertiary alicyclic amines) is 1. The number of hydrogen-bond donors (Lipinski definition) is 1. The maximum Gasteiger partial charge on any atom is 0.318 e. The topological polar surface area (TPSA) is 123 Å². The van der Waals surface area contributed by atoms with E-state index >= 15 is 0 Å². The first kappa shape index (κ1) is 31.9. The highest BCUT2D eigenvalue weighted by Gasteiger charge is 2.33. The minimum Gasteiger partial charge on any atom is -0.483 e. The van der Waals surface area contributed by atoms with Crippen LogP contribution in [-0.2, 0) is 16.0 Å². The highest BCUT2D eigenvalue weighted by molar-refractivity contribution is 6.36. The molecule has 2 saturated heterocycles. The molecule has 2 aliphatic heterocycles. The SMILES string of the molecule is C=CC(=O)N1CCN(c2nc(OC[C@@H]3CCCN3C)nc3c2CCC(c2cccc4cccc(Cl)c24)=C3)C[C@@H]1CC#N.O=CO. The molecule has 0 radical (unpaired) electrons. The molecule has 45 heavy (non-hydrogen) atoms. The van der Waals surface area contributed by atoms with Gasteiger partial charge >= 0.3 is 6.01 Å². The van der Waals surface area contributed by atoms with E-state index in [9.17, 15) is 10.1 Å². The van der Waals surface area contributed by atoms with Crippen molar-refractivity contribution in [3.63, 3.8) is 0 Å². The summed E-state index contributed by atoms with van der Waals surface area (Å²) >= 11 is 6.69. The van der Waals surface area contributed by atoms with Gasteiger partial charge in [-0.15, -0.1) is 0 Å². The number of ether oxygens (including phenoxy) is 1. The number of allylic oxidation sites excluding steroid dienone is 1. The molecular weight excluding hydrogens is 592 g/mol. The zero-order valence-corrected chi connectivity index (χ0v) is 26.1. The monoisotopic (exact) mass is 628 g/mol. The third-order valence-electron chi connectivity index (χ3n) is 8.80. The quantitative estimate of drug-likeness (QED) is 0.282. The summed E-state index contributed by atoms with van der Waals surface area (Å²) in [7, 11) is 2.13. The van der Waals surface area contributed by atoms with Crippen LogP contribution in [0.2, 0.25) is 5.02 Å². The largest absolute Gasteiger partial charge is 0.483 e. The molecule has 0 bridgehead atoms. The van der Waals surface area contributed by atoms with Crippen molar-refractivity contribution in [3.8, 4) is 12.1 Å². The molecule has 3 heterocycles. The van der Waals surface area contributed by atoms with E-state index in [0.29, 0.717) is 38.3 Å². The van der Waals surface area contributed by atoms with Gasteiger partial charge in [0.2, 0.25) is 5.91 Å². The fourth-order valence-corrected chi connectivity index (χ4v) is 6.80. The number of rotatable bonds is 7. The number of carbonyl (C=O) groups excluding carboxylic acids is 1. The number of nitrogens with zero attached hydrogens (tertiary/aromatic N) is 6. The molecule has 1 aromatic heterocycles. The number of benzene rings is 2. The lowest BCUT2D eigenvalue weighted by Crippen LogP contribution is -2.55. The van der Waals surface area contributed by atoms with Crippen LogP contribution in [0.1, 0.15) is 42.5 Å². The number of halogens is 1. The smallest absolute Gasteiger partial charge is 0.318 e. The Bertz CT molecular complexity index is 1650. The van der Waals surface area contributed by atoms with Crippen LogP contribution >= 0.6 is 11.6 Å². The van der Waals surface area contributed by atoms with E-state index in [-0.39, 0.29) is 24.8 Å². The minimum atomic E-state index is -0.250. The lowest BCUT2D eigenvalue weighted by molar-refractivity contribution is -0.128. The number of fused-ring (bicyclic) bond motifs is 2. The molecule has 1 N–H and O–H groups in total. The first-order valence-corrected chi connectivity index (χ1v) is 15.5. The average Bonchev–Trinajstić information content (AvgIpc) is 3.47. The van der Waals surface area contributed by atoms with Crippen molar-refractivity contribution in [2.45, 2.75) is 44.2 Å². The van der Waals surface area contributed by atoms with Crippen LogP contribution in [0.4, 0.5) is 5.82 Å². The Morgan fingerprint density at radius 3 is 2.67 bits per heavy atom. The van der Waals surface area contributed by atoms with Crippen LogP contribution in [-0.4, -0.2) is 89.2 Å². The van der Waals surface area contributed by atoms with E-state index in [1.54, 1.807) is 4.90 Å². The van der Waals surface area contributed by atoms with Crippen molar-refractivity contribution < 1.29 is 19.4 Å². The van der Waals surface area contributed by atoms with E-state index in [1.165, 1.54) is 11.6 Å². The average molecular weight is 629 g/mol. The summed E-state index contributed by atoms with van der Waals surface area (Å²) in [6.07, 6.45) is 7.55. The molecule has 3 aromatic rings. The van der Waals surface area contributed by atoms with E-state index in [0.717, 1.165) is 70.7 Å². The molecule has 0 unspecified atom stereocenters. The Kier molecular flexibility index (Phi) is 10.3. The number of carboxylic acid groups (broad SMARTS) is 1. The molecule has 2 aromatic carbocycles. The van der Waals surface area contributed by atoms with Gasteiger partial charge in [-0.2, -0.15) is 15.2 Å². The van der Waals surface area contributed by atoms with Crippen LogP contribution in [0.5, 0.6) is 6.01 Å². The van der Waals surface area contributed by atoms with E-state index in [4.69, 9.17) is 36.2 Å². The molecule has 0 spiro atoms. The Hall–Kier alpha value is -4.46. The van der Waals surface area contributed by atoms with E-state index < -0.39 is 0 Å². The maximum absolute atomic E-state index is 12.5. The lowest BCUT2D eigenvalue weighted by atomic mass is 9.88. The summed E-state index contributed by atoms with van der Waals surface area (Å²) in [4.78, 5) is 37.0. The molecule has 11 heteroatoms. The first-order valence-electron chi connectivity index (χ1n) is 15.1. The molecule has 3 aliphatic rings. The van der Waals surface area contributed by atoms with Crippen molar-refractivity contribution in [1.82, 2.24) is 19.8 Å². The highest BCUT2D eigenvalue weighted by atomic mass is 35.5. The number of piperazine rings is 1. The third-order valence-corrected chi connectivity index (χ3v) is 9.11. The van der Waals surface area contributed by atoms with Gasteiger partial charge < -0.3 is 24.5 Å². The number of anilines is 1. The summed E-state index contributed by atoms with van der Waals surface area (Å²) in [6.45, 7) is 6.60. The van der Waals surface area contributed by atoms with Gasteiger partial charge in [-0.1, -0.05) is 48.5 Å². The number of nitriles is 1. The minimum absolute atomic E-state index is 0.148. The summed E-state index contributed by atoms with van der Waals surface area (Å²) in [5, 5.41) is 19.3. The van der Waals surface area contributed by atoms with Crippen LogP contribution in [0.25, 0.3) is 22.4 Å². The van der Waals surface area contributed by atoms with Crippen LogP contribution in [0.3, 0.4) is 0 Å². The van der Waals surface area contributed by atoms with Gasteiger partial charge in [0.15, 0.2) is 0 Å². The van der Waals surface area contributed by atoms with E-state index in [2.05, 4.69) is 59.8 Å². The Morgan fingerprint density at radius 2 is 1.96 bits per heavy atom. The van der Waals surface area contributed by atoms with Crippen molar-refractivity contribution in [3.05, 3.63) is 70.9 Å². The van der Waals surface area contributed by atoms with Gasteiger partial charge in [-0.25, -0.2) is 0 Å². The third kappa shape index (κ3) is 6.95. The summed E-state index contributed by atoms with van der Waals surface area (Å²) in [6, 6.07) is 15.0. The zero-order chi connectivity index (χ0) is 31.9. The van der Waals surface area contributed by atoms with Gasteiger partial charge in [0.25, 0.3) is 6.47 Å². The van der Waals surface area contributed by atoms with Gasteiger partial charge in [0.05, 0.1) is 24.2 Å². The predicted molar refractivity (Wildman–Crippen MR) is 175 cm³/mol. The second-order valence-corrected chi connectivity index (χ2v) is 11.8. The standard InChI is InChI=1S/C33H35ClN6O2.CH2O2/c1-3-30(41)40-18-17-39(20-24(40)14-15-35)32-27-13-12-23(26-10-4-7-22-8-5-11-28(34)31(22)26)19-29(27)36-33(37-32)42-21-25-9-6-16-38(25)2;2-1-3/h3-5,7-8,10-11,19,24-25H,1,6,9,12-14,16-18,20-21H2,2H3;1H,(H,2,3)/t24-,25-;/m0./s1. The number of likely N-dealkylation sites (N-methyl/N-ethyl adjacent to an activating group) is 1. The first-order chi connectivity index (χ1) is 21.9. The molecule has 10 nitrogen and oxygen atoms in total. The van der Waals surface area contributed by atoms with Gasteiger partial charge in [0, 0.05) is 41.6 Å². The molecule has 2 atom stereocenters. The molecule has 2 fully saturated rings. The summed E-state index contributed by atoms with van der Waals surface area (Å²) in [5.41, 5.74) is 4.21. The summed E-state index contributed by atoms with van der Waals surface area (Å²) < 4.78 is 6.27. The predicted octanol–water partition coefficient (Wildman–Crippen LogP) is 5.06. The van der Waals surface area contributed by atoms with Crippen LogP contribution < -0.4 is 9.64 Å². The van der Waals surface area contributed by atoms with E-state index in [1.807, 2.05) is 12.1 Å². The molecule has 0 saturated carbocycles. The van der Waals surface area contributed by atoms with Crippen molar-refractivity contribution in [2.24, 2.45) is 0 Å². The number of aromatic nitrogens is 2. The van der Waals surface area contributed by atoms with Gasteiger partial charge in [0.1, 0.15) is 12.4 Å². The van der Waals surface area contributed by atoms with Crippen LogP contribution in [0, 0.1) is 11.3 Å². The number of hydrogen-bond acceptors (Lipinski definition) is 8. The molecule has 1 aliphatic carbocycles. The lowest BCUT2D eigenvalue weighted by Gasteiger charge is -2.41. The summed E-state index contributed by atoms with van der Waals surface area (Å²) in [5.74, 6) is 0.681. The number of amides is 1. The van der Waals surface area contributed by atoms with Crippen molar-refractivity contribution in [1.29, 1.82) is 5.26 Å². The van der Waals surface area contributed by atoms with Crippen molar-refractivity contribution in [2.75, 3.05) is 44.7 Å². The fourth-order valence-electron chi connectivity index (χ4n) is 6.52.